The van der Waals surface area contributed by atoms with Crippen molar-refractivity contribution in [1.82, 2.24) is 9.78 Å². The van der Waals surface area contributed by atoms with Gasteiger partial charge in [-0.2, -0.15) is 16.9 Å². The van der Waals surface area contributed by atoms with Gasteiger partial charge in [-0.3, -0.25) is 9.48 Å². The Kier molecular flexibility index (Phi) is 7.61. The minimum atomic E-state index is -0.496. The average Bonchev–Trinajstić information content (AvgIpc) is 2.86. The summed E-state index contributed by atoms with van der Waals surface area (Å²) >= 11 is 1.68. The number of nitrogens with two attached hydrogens (primary N) is 1. The third-order valence-electron chi connectivity index (χ3n) is 3.52. The van der Waals surface area contributed by atoms with Crippen LogP contribution in [0.1, 0.15) is 12.0 Å². The summed E-state index contributed by atoms with van der Waals surface area (Å²) in [6.07, 6.45) is 2.66. The van der Waals surface area contributed by atoms with Crippen LogP contribution in [0.4, 0.5) is 5.82 Å². The van der Waals surface area contributed by atoms with Crippen molar-refractivity contribution in [2.24, 2.45) is 12.8 Å². The lowest BCUT2D eigenvalue weighted by atomic mass is 10.1. The number of nitrogens with one attached hydrogen (secondary N) is 1. The van der Waals surface area contributed by atoms with Crippen molar-refractivity contribution >= 4 is 35.9 Å². The highest BCUT2D eigenvalue weighted by atomic mass is 35.5. The molecule has 23 heavy (non-hydrogen) atoms. The number of aryl methyl sites for hydroxylation is 2. The van der Waals surface area contributed by atoms with E-state index < -0.39 is 6.04 Å². The first-order valence-electron chi connectivity index (χ1n) is 7.18. The third kappa shape index (κ3) is 4.99. The Morgan fingerprint density at radius 1 is 1.43 bits per heavy atom. The van der Waals surface area contributed by atoms with Gasteiger partial charge in [0.15, 0.2) is 0 Å². The Morgan fingerprint density at radius 3 is 2.78 bits per heavy atom. The molecule has 2 aromatic rings. The van der Waals surface area contributed by atoms with Gasteiger partial charge in [-0.15, -0.1) is 12.4 Å². The number of thioether (sulfide) groups is 1. The molecule has 0 saturated carbocycles. The summed E-state index contributed by atoms with van der Waals surface area (Å²) in [5.41, 5.74) is 8.94. The Bertz CT molecular complexity index is 659. The second kappa shape index (κ2) is 8.96. The Labute approximate surface area is 147 Å². The van der Waals surface area contributed by atoms with Crippen LogP contribution in [0.2, 0.25) is 0 Å². The second-order valence-corrected chi connectivity index (χ2v) is 6.22. The zero-order valence-corrected chi connectivity index (χ0v) is 15.2. The van der Waals surface area contributed by atoms with Crippen LogP contribution in [0.5, 0.6) is 0 Å². The molecule has 0 saturated heterocycles. The van der Waals surface area contributed by atoms with Gasteiger partial charge >= 0.3 is 0 Å². The molecule has 0 aliphatic rings. The first-order valence-corrected chi connectivity index (χ1v) is 8.57. The first-order chi connectivity index (χ1) is 10.5. The van der Waals surface area contributed by atoms with Gasteiger partial charge in [-0.05, 0) is 30.9 Å². The van der Waals surface area contributed by atoms with Crippen LogP contribution < -0.4 is 11.1 Å². The molecule has 1 amide bonds. The normalized spacial score (nSPS) is 11.7. The predicted octanol–water partition coefficient (Wildman–Crippen LogP) is 2.84. The molecule has 126 valence electrons. The second-order valence-electron chi connectivity index (χ2n) is 5.23. The lowest BCUT2D eigenvalue weighted by Crippen LogP contribution is -2.36. The van der Waals surface area contributed by atoms with Gasteiger partial charge in [-0.25, -0.2) is 0 Å². The number of carbonyl (C=O) groups excluding carboxylic acids is 1. The van der Waals surface area contributed by atoms with E-state index in [1.54, 1.807) is 16.4 Å². The number of rotatable bonds is 6. The summed E-state index contributed by atoms with van der Waals surface area (Å²) in [5.74, 6) is 1.35. The van der Waals surface area contributed by atoms with Crippen molar-refractivity contribution in [1.29, 1.82) is 0 Å². The molecule has 0 aliphatic heterocycles. The Hall–Kier alpha value is -1.50. The number of benzene rings is 1. The minimum Gasteiger partial charge on any atom is -0.320 e. The Balaban J connectivity index is 0.00000264. The summed E-state index contributed by atoms with van der Waals surface area (Å²) in [5, 5.41) is 7.33. The van der Waals surface area contributed by atoms with Crippen LogP contribution in [-0.2, 0) is 11.8 Å². The molecule has 0 radical (unpaired) electrons. The van der Waals surface area contributed by atoms with Gasteiger partial charge in [0.05, 0.1) is 11.7 Å². The molecule has 1 atom stereocenters. The van der Waals surface area contributed by atoms with Crippen molar-refractivity contribution in [2.45, 2.75) is 19.4 Å². The lowest BCUT2D eigenvalue weighted by molar-refractivity contribution is -0.117. The number of halogens is 1. The topological polar surface area (TPSA) is 72.9 Å². The van der Waals surface area contributed by atoms with E-state index in [1.807, 2.05) is 50.6 Å². The van der Waals surface area contributed by atoms with E-state index in [4.69, 9.17) is 5.73 Å². The maximum Gasteiger partial charge on any atom is 0.242 e. The van der Waals surface area contributed by atoms with E-state index in [9.17, 15) is 4.79 Å². The zero-order valence-electron chi connectivity index (χ0n) is 13.6. The molecule has 1 heterocycles. The van der Waals surface area contributed by atoms with Gasteiger partial charge in [0, 0.05) is 18.7 Å². The van der Waals surface area contributed by atoms with Crippen LogP contribution in [0, 0.1) is 6.92 Å². The molecule has 1 aromatic carbocycles. The van der Waals surface area contributed by atoms with E-state index >= 15 is 0 Å². The standard InChI is InChI=1S/C16H22N4OS.ClH/c1-11-6-4-5-7-12(11)14-10-15(20(2)19-14)18-16(21)13(17)8-9-22-3;/h4-7,10,13H,8-9,17H2,1-3H3,(H,18,21);1H/t13-;/m0./s1. The monoisotopic (exact) mass is 354 g/mol. The maximum atomic E-state index is 12.1. The summed E-state index contributed by atoms with van der Waals surface area (Å²) in [6, 6.07) is 9.42. The number of hydrogen-bond donors (Lipinski definition) is 2. The van der Waals surface area contributed by atoms with Crippen LogP contribution in [0.3, 0.4) is 0 Å². The predicted molar refractivity (Wildman–Crippen MR) is 100 cm³/mol. The van der Waals surface area contributed by atoms with E-state index in [0.717, 1.165) is 22.6 Å². The Morgan fingerprint density at radius 2 is 2.13 bits per heavy atom. The van der Waals surface area contributed by atoms with Gasteiger partial charge in [0.2, 0.25) is 5.91 Å². The van der Waals surface area contributed by atoms with Crippen molar-refractivity contribution in [3.63, 3.8) is 0 Å². The SMILES string of the molecule is CSCC[C@H](N)C(=O)Nc1cc(-c2ccccc2C)nn1C.Cl. The quantitative estimate of drug-likeness (QED) is 0.836. The fourth-order valence-electron chi connectivity index (χ4n) is 2.17. The number of aromatic nitrogens is 2. The molecule has 0 fully saturated rings. The van der Waals surface area contributed by atoms with Crippen LogP contribution >= 0.6 is 24.2 Å². The van der Waals surface area contributed by atoms with E-state index in [1.165, 1.54) is 0 Å². The number of hydrogen-bond acceptors (Lipinski definition) is 4. The fraction of sp³-hybridized carbons (Fsp3) is 0.375. The first kappa shape index (κ1) is 19.5. The lowest BCUT2D eigenvalue weighted by Gasteiger charge is -2.11. The molecule has 0 bridgehead atoms. The molecule has 1 aromatic heterocycles. The van der Waals surface area contributed by atoms with Gasteiger partial charge in [0.1, 0.15) is 5.82 Å². The zero-order chi connectivity index (χ0) is 16.1. The van der Waals surface area contributed by atoms with Crippen molar-refractivity contribution in [3.8, 4) is 11.3 Å². The molecule has 0 spiro atoms. The molecular formula is C16H23ClN4OS. The number of nitrogens with zero attached hydrogens (tertiary/aromatic N) is 2. The third-order valence-corrected chi connectivity index (χ3v) is 4.17. The highest BCUT2D eigenvalue weighted by Gasteiger charge is 2.16. The van der Waals surface area contributed by atoms with E-state index in [-0.39, 0.29) is 18.3 Å². The molecule has 0 unspecified atom stereocenters. The highest BCUT2D eigenvalue weighted by Crippen LogP contribution is 2.24. The number of amides is 1. The van der Waals surface area contributed by atoms with E-state index in [0.29, 0.717) is 12.2 Å². The smallest absolute Gasteiger partial charge is 0.242 e. The van der Waals surface area contributed by atoms with Gasteiger partial charge in [-0.1, -0.05) is 24.3 Å². The van der Waals surface area contributed by atoms with Crippen LogP contribution in [-0.4, -0.2) is 33.7 Å². The summed E-state index contributed by atoms with van der Waals surface area (Å²) in [6.45, 7) is 2.04. The van der Waals surface area contributed by atoms with Crippen molar-refractivity contribution in [2.75, 3.05) is 17.3 Å². The molecule has 5 nitrogen and oxygen atoms in total. The summed E-state index contributed by atoms with van der Waals surface area (Å²) in [4.78, 5) is 12.1. The molecule has 3 N–H and O–H groups in total. The van der Waals surface area contributed by atoms with Crippen LogP contribution in [0.15, 0.2) is 30.3 Å². The van der Waals surface area contributed by atoms with Crippen molar-refractivity contribution in [3.05, 3.63) is 35.9 Å². The summed E-state index contributed by atoms with van der Waals surface area (Å²) in [7, 11) is 1.81. The highest BCUT2D eigenvalue weighted by molar-refractivity contribution is 7.98. The minimum absolute atomic E-state index is 0. The molecular weight excluding hydrogens is 332 g/mol. The van der Waals surface area contributed by atoms with Crippen molar-refractivity contribution < 1.29 is 4.79 Å². The largest absolute Gasteiger partial charge is 0.320 e. The summed E-state index contributed by atoms with van der Waals surface area (Å²) < 4.78 is 1.67. The maximum absolute atomic E-state index is 12.1. The average molecular weight is 355 g/mol. The number of carbonyl (C=O) groups is 1. The molecule has 7 heteroatoms. The number of anilines is 1. The molecule has 0 aliphatic carbocycles. The van der Waals surface area contributed by atoms with E-state index in [2.05, 4.69) is 10.4 Å². The molecule has 2 rings (SSSR count). The fourth-order valence-corrected chi connectivity index (χ4v) is 2.66. The van der Waals surface area contributed by atoms with Crippen LogP contribution in [0.25, 0.3) is 11.3 Å². The van der Waals surface area contributed by atoms with Gasteiger partial charge in [0.25, 0.3) is 0 Å². The van der Waals surface area contributed by atoms with Gasteiger partial charge < -0.3 is 11.1 Å².